The van der Waals surface area contributed by atoms with Crippen LogP contribution < -0.4 is 21.5 Å². The quantitative estimate of drug-likeness (QED) is 0.187. The molecule has 3 heterocycles. The Kier molecular flexibility index (Phi) is 9.18. The average Bonchev–Trinajstić information content (AvgIpc) is 3.46. The van der Waals surface area contributed by atoms with E-state index in [0.29, 0.717) is 49.8 Å². The van der Waals surface area contributed by atoms with E-state index >= 15 is 0 Å². The zero-order valence-corrected chi connectivity index (χ0v) is 24.4. The molecule has 0 bridgehead atoms. The van der Waals surface area contributed by atoms with Gasteiger partial charge in [-0.3, -0.25) is 24.8 Å². The average molecular weight is 597 g/mol. The van der Waals surface area contributed by atoms with Gasteiger partial charge in [-0.15, -0.1) is 0 Å². The highest BCUT2D eigenvalue weighted by Gasteiger charge is 2.27. The van der Waals surface area contributed by atoms with Gasteiger partial charge in [0.2, 0.25) is 0 Å². The van der Waals surface area contributed by atoms with Crippen molar-refractivity contribution in [2.75, 3.05) is 38.3 Å². The molecule has 2 aliphatic rings. The van der Waals surface area contributed by atoms with Gasteiger partial charge in [-0.1, -0.05) is 36.4 Å². The summed E-state index contributed by atoms with van der Waals surface area (Å²) in [5, 5.41) is 9.77. The maximum Gasteiger partial charge on any atom is 0.323 e. The van der Waals surface area contributed by atoms with Crippen LogP contribution in [-0.2, 0) is 24.1 Å². The lowest BCUT2D eigenvalue weighted by molar-refractivity contribution is 0.0934. The fourth-order valence-corrected chi connectivity index (χ4v) is 5.87. The van der Waals surface area contributed by atoms with E-state index < -0.39 is 0 Å². The first-order valence-electron chi connectivity index (χ1n) is 15.0. The summed E-state index contributed by atoms with van der Waals surface area (Å²) in [7, 11) is 0. The first-order chi connectivity index (χ1) is 21.5. The van der Waals surface area contributed by atoms with E-state index in [-0.39, 0.29) is 35.1 Å². The summed E-state index contributed by atoms with van der Waals surface area (Å²) in [5.41, 5.74) is 3.20. The molecule has 0 atom stereocenters. The maximum absolute atomic E-state index is 13.1. The monoisotopic (exact) mass is 596 g/mol. The smallest absolute Gasteiger partial charge is 0.323 e. The third-order valence-corrected chi connectivity index (χ3v) is 8.27. The Morgan fingerprint density at radius 3 is 2.45 bits per heavy atom. The largest absolute Gasteiger partial charge is 0.364 e. The molecule has 1 fully saturated rings. The Morgan fingerprint density at radius 1 is 0.932 bits per heavy atom. The predicted octanol–water partition coefficient (Wildman–Crippen LogP) is 2.59. The number of nitrogens with zero attached hydrogens (tertiary/aromatic N) is 5. The van der Waals surface area contributed by atoms with Crippen molar-refractivity contribution in [1.82, 2.24) is 35.1 Å². The van der Waals surface area contributed by atoms with Crippen LogP contribution in [0.25, 0.3) is 10.9 Å². The highest BCUT2D eigenvalue weighted by molar-refractivity contribution is 6.00. The summed E-state index contributed by atoms with van der Waals surface area (Å²) in [5.74, 6) is 0.218. The van der Waals surface area contributed by atoms with E-state index in [0.717, 1.165) is 32.2 Å². The molecule has 2 aromatic carbocycles. The second-order valence-electron chi connectivity index (χ2n) is 11.2. The highest BCUT2D eigenvalue weighted by atomic mass is 16.5. The van der Waals surface area contributed by atoms with Crippen molar-refractivity contribution < 1.29 is 14.3 Å². The molecule has 0 saturated carbocycles. The van der Waals surface area contributed by atoms with Crippen LogP contribution in [0.15, 0.2) is 72.0 Å². The molecule has 1 aliphatic carbocycles. The van der Waals surface area contributed by atoms with Crippen molar-refractivity contribution in [3.05, 3.63) is 94.4 Å². The van der Waals surface area contributed by atoms with Gasteiger partial charge >= 0.3 is 6.03 Å². The second kappa shape index (κ2) is 13.7. The number of carbonyl (C=O) groups is 2. The number of rotatable bonds is 10. The SMILES string of the molecule is O=C(NC1Cc2ccccc2C1)c1nccnc1NC(=O)N1CCC(CNCOCCn2cnc3ccccc3c2=O)CC1. The molecule has 12 heteroatoms. The van der Waals surface area contributed by atoms with E-state index in [1.807, 2.05) is 30.3 Å². The number of fused-ring (bicyclic) bond motifs is 2. The molecule has 0 radical (unpaired) electrons. The van der Waals surface area contributed by atoms with E-state index in [2.05, 4.69) is 43.0 Å². The van der Waals surface area contributed by atoms with Crippen molar-refractivity contribution >= 4 is 28.7 Å². The standard InChI is InChI=1S/C32H36N8O4/c41-30(37-25-17-23-5-1-2-6-24(23)18-25)28-29(35-12-11-34-28)38-32(43)39-13-9-22(10-14-39)19-33-21-44-16-15-40-20-36-27-8-4-3-7-26(27)31(40)42/h1-8,11-12,20,22,25,33H,9-10,13-19,21H2,(H,37,41)(H,35,38,43). The Balaban J connectivity index is 0.901. The summed E-state index contributed by atoms with van der Waals surface area (Å²) in [6.07, 6.45) is 7.70. The van der Waals surface area contributed by atoms with Gasteiger partial charge in [0.25, 0.3) is 11.5 Å². The van der Waals surface area contributed by atoms with Crippen LogP contribution in [-0.4, -0.2) is 75.4 Å². The molecule has 0 spiro atoms. The van der Waals surface area contributed by atoms with Gasteiger partial charge in [0.05, 0.1) is 37.1 Å². The van der Waals surface area contributed by atoms with Crippen LogP contribution in [0, 0.1) is 5.92 Å². The van der Waals surface area contributed by atoms with Crippen molar-refractivity contribution in [2.45, 2.75) is 38.3 Å². The number of ether oxygens (including phenoxy) is 1. The predicted molar refractivity (Wildman–Crippen MR) is 165 cm³/mol. The molecule has 228 valence electrons. The fourth-order valence-electron chi connectivity index (χ4n) is 5.87. The van der Waals surface area contributed by atoms with E-state index in [4.69, 9.17) is 4.74 Å². The molecular weight excluding hydrogens is 560 g/mol. The summed E-state index contributed by atoms with van der Waals surface area (Å²) < 4.78 is 7.26. The van der Waals surface area contributed by atoms with Crippen LogP contribution in [0.1, 0.15) is 34.5 Å². The summed E-state index contributed by atoms with van der Waals surface area (Å²) in [6, 6.07) is 15.2. The molecule has 3 N–H and O–H groups in total. The van der Waals surface area contributed by atoms with Crippen LogP contribution in [0.4, 0.5) is 10.6 Å². The van der Waals surface area contributed by atoms with E-state index in [1.165, 1.54) is 23.5 Å². The van der Waals surface area contributed by atoms with Crippen molar-refractivity contribution in [3.8, 4) is 0 Å². The Bertz CT molecular complexity index is 1660. The first-order valence-corrected chi connectivity index (χ1v) is 15.0. The van der Waals surface area contributed by atoms with Crippen LogP contribution >= 0.6 is 0 Å². The van der Waals surface area contributed by atoms with E-state index in [9.17, 15) is 14.4 Å². The van der Waals surface area contributed by atoms with Crippen LogP contribution in [0.3, 0.4) is 0 Å². The number of aromatic nitrogens is 4. The summed E-state index contributed by atoms with van der Waals surface area (Å²) >= 11 is 0. The lowest BCUT2D eigenvalue weighted by atomic mass is 9.97. The molecule has 0 unspecified atom stereocenters. The molecule has 3 amide bonds. The maximum atomic E-state index is 13.1. The van der Waals surface area contributed by atoms with Gasteiger partial charge in [-0.2, -0.15) is 0 Å². The first kappa shape index (κ1) is 29.4. The van der Waals surface area contributed by atoms with Crippen molar-refractivity contribution in [1.29, 1.82) is 0 Å². The number of hydrogen-bond acceptors (Lipinski definition) is 8. The number of piperidine rings is 1. The number of anilines is 1. The number of amides is 3. The number of urea groups is 1. The molecule has 1 aliphatic heterocycles. The molecular formula is C32H36N8O4. The van der Waals surface area contributed by atoms with Crippen molar-refractivity contribution in [2.24, 2.45) is 5.92 Å². The fraction of sp³-hybridized carbons (Fsp3) is 0.375. The van der Waals surface area contributed by atoms with Gasteiger partial charge in [-0.05, 0) is 54.9 Å². The Morgan fingerprint density at radius 2 is 1.66 bits per heavy atom. The van der Waals surface area contributed by atoms with Crippen molar-refractivity contribution in [3.63, 3.8) is 0 Å². The Labute approximate surface area is 254 Å². The molecule has 44 heavy (non-hydrogen) atoms. The van der Waals surface area contributed by atoms with Gasteiger partial charge in [0.1, 0.15) is 0 Å². The van der Waals surface area contributed by atoms with Gasteiger partial charge in [0.15, 0.2) is 11.5 Å². The van der Waals surface area contributed by atoms with Gasteiger partial charge in [-0.25, -0.2) is 19.7 Å². The van der Waals surface area contributed by atoms with Crippen LogP contribution in [0.2, 0.25) is 0 Å². The normalized spacial score (nSPS) is 15.3. The lowest BCUT2D eigenvalue weighted by Gasteiger charge is -2.32. The second-order valence-corrected chi connectivity index (χ2v) is 11.2. The zero-order chi connectivity index (χ0) is 30.3. The number of benzene rings is 2. The summed E-state index contributed by atoms with van der Waals surface area (Å²) in [4.78, 5) is 53.2. The van der Waals surface area contributed by atoms with E-state index in [1.54, 1.807) is 21.9 Å². The summed E-state index contributed by atoms with van der Waals surface area (Å²) in [6.45, 7) is 3.16. The van der Waals surface area contributed by atoms with Gasteiger partial charge in [0, 0.05) is 38.1 Å². The number of hydrogen-bond donors (Lipinski definition) is 3. The number of carbonyl (C=O) groups excluding carboxylic acids is 2. The molecule has 12 nitrogen and oxygen atoms in total. The minimum Gasteiger partial charge on any atom is -0.364 e. The molecule has 6 rings (SSSR count). The third-order valence-electron chi connectivity index (χ3n) is 8.27. The lowest BCUT2D eigenvalue weighted by Crippen LogP contribution is -2.43. The highest BCUT2D eigenvalue weighted by Crippen LogP contribution is 2.23. The van der Waals surface area contributed by atoms with Gasteiger partial charge < -0.3 is 15.0 Å². The number of likely N-dealkylation sites (tertiary alicyclic amines) is 1. The Hall–Kier alpha value is -4.68. The topological polar surface area (TPSA) is 143 Å². The number of para-hydroxylation sites is 1. The molecule has 1 saturated heterocycles. The molecule has 4 aromatic rings. The minimum atomic E-state index is -0.348. The molecule has 2 aromatic heterocycles. The zero-order valence-electron chi connectivity index (χ0n) is 24.4. The minimum absolute atomic E-state index is 0.0185. The number of nitrogens with one attached hydrogen (secondary N) is 3. The third kappa shape index (κ3) is 6.92. The van der Waals surface area contributed by atoms with Crippen LogP contribution in [0.5, 0.6) is 0 Å².